The van der Waals surface area contributed by atoms with Crippen molar-refractivity contribution in [2.75, 3.05) is 12.8 Å². The fourth-order valence-electron chi connectivity index (χ4n) is 0.463. The minimum atomic E-state index is -0.251. The molecular formula is C7H11FN2. The highest BCUT2D eigenvalue weighted by molar-refractivity contribution is 5.36. The number of hydrogen-bond donors (Lipinski definition) is 2. The molecule has 0 radical (unpaired) electrons. The average Bonchev–Trinajstić information content (AvgIpc) is 2.00. The Balaban J connectivity index is 0.000000371. The molecule has 3 heteroatoms. The lowest BCUT2D eigenvalue weighted by Gasteiger charge is -1.87. The van der Waals surface area contributed by atoms with Gasteiger partial charge in [-0.1, -0.05) is 0 Å². The molecule has 1 aromatic carbocycles. The fraction of sp³-hybridized carbons (Fsp3) is 0.143. The van der Waals surface area contributed by atoms with E-state index in [4.69, 9.17) is 5.73 Å². The third kappa shape index (κ3) is 3.04. The van der Waals surface area contributed by atoms with E-state index in [-0.39, 0.29) is 5.82 Å². The van der Waals surface area contributed by atoms with Crippen LogP contribution in [-0.2, 0) is 0 Å². The molecule has 1 rings (SSSR count). The monoisotopic (exact) mass is 142 g/mol. The number of benzene rings is 1. The van der Waals surface area contributed by atoms with E-state index in [0.29, 0.717) is 5.69 Å². The van der Waals surface area contributed by atoms with Crippen LogP contribution in [0.5, 0.6) is 0 Å². The van der Waals surface area contributed by atoms with Crippen molar-refractivity contribution in [3.8, 4) is 0 Å². The number of hydrogen-bond acceptors (Lipinski definition) is 2. The Hall–Kier alpha value is -1.09. The maximum atomic E-state index is 12.0. The first kappa shape index (κ1) is 8.91. The molecule has 0 saturated heterocycles. The zero-order valence-corrected chi connectivity index (χ0v) is 5.84. The molecule has 0 saturated carbocycles. The summed E-state index contributed by atoms with van der Waals surface area (Å²) in [7, 11) is 1.50. The van der Waals surface area contributed by atoms with Crippen molar-refractivity contribution < 1.29 is 4.39 Å². The summed E-state index contributed by atoms with van der Waals surface area (Å²) in [5.74, 6) is -0.251. The summed E-state index contributed by atoms with van der Waals surface area (Å²) < 4.78 is 12.0. The largest absolute Gasteiger partial charge is 0.399 e. The van der Waals surface area contributed by atoms with Crippen LogP contribution in [-0.4, -0.2) is 7.05 Å². The highest BCUT2D eigenvalue weighted by Crippen LogP contribution is 2.01. The van der Waals surface area contributed by atoms with E-state index in [1.54, 1.807) is 0 Å². The van der Waals surface area contributed by atoms with Crippen molar-refractivity contribution in [2.24, 2.45) is 5.73 Å². The number of nitrogen functional groups attached to an aromatic ring is 1. The van der Waals surface area contributed by atoms with Gasteiger partial charge in [0.1, 0.15) is 5.82 Å². The summed E-state index contributed by atoms with van der Waals surface area (Å²) >= 11 is 0. The zero-order chi connectivity index (χ0) is 7.98. The van der Waals surface area contributed by atoms with Crippen LogP contribution in [0.25, 0.3) is 0 Å². The van der Waals surface area contributed by atoms with Crippen LogP contribution in [0, 0.1) is 5.82 Å². The molecule has 0 bridgehead atoms. The van der Waals surface area contributed by atoms with Crippen molar-refractivity contribution in [3.63, 3.8) is 0 Å². The van der Waals surface area contributed by atoms with Gasteiger partial charge in [0.05, 0.1) is 0 Å². The summed E-state index contributed by atoms with van der Waals surface area (Å²) in [6.07, 6.45) is 0. The number of nitrogens with two attached hydrogens (primary N) is 2. The van der Waals surface area contributed by atoms with Crippen molar-refractivity contribution in [3.05, 3.63) is 30.1 Å². The van der Waals surface area contributed by atoms with Crippen molar-refractivity contribution >= 4 is 5.69 Å². The lowest BCUT2D eigenvalue weighted by molar-refractivity contribution is 0.628. The third-order valence-corrected chi connectivity index (χ3v) is 0.870. The Kier molecular flexibility index (Phi) is 4.24. The maximum Gasteiger partial charge on any atom is 0.123 e. The summed E-state index contributed by atoms with van der Waals surface area (Å²) in [4.78, 5) is 0. The van der Waals surface area contributed by atoms with Gasteiger partial charge in [-0.2, -0.15) is 0 Å². The number of rotatable bonds is 0. The third-order valence-electron chi connectivity index (χ3n) is 0.870. The Bertz CT molecular complexity index is 150. The molecule has 0 aliphatic heterocycles. The normalized spacial score (nSPS) is 7.90. The van der Waals surface area contributed by atoms with Crippen LogP contribution in [0.4, 0.5) is 10.1 Å². The first-order valence-electron chi connectivity index (χ1n) is 2.88. The Morgan fingerprint density at radius 1 is 1.10 bits per heavy atom. The highest BCUT2D eigenvalue weighted by Gasteiger charge is 1.83. The van der Waals surface area contributed by atoms with Crippen LogP contribution in [0.2, 0.25) is 0 Å². The van der Waals surface area contributed by atoms with Gasteiger partial charge in [-0.25, -0.2) is 4.39 Å². The predicted molar refractivity (Wildman–Crippen MR) is 40.9 cm³/mol. The van der Waals surface area contributed by atoms with Gasteiger partial charge in [0.2, 0.25) is 0 Å². The van der Waals surface area contributed by atoms with E-state index < -0.39 is 0 Å². The van der Waals surface area contributed by atoms with E-state index in [2.05, 4.69) is 5.73 Å². The summed E-state index contributed by atoms with van der Waals surface area (Å²) in [5.41, 5.74) is 10.3. The van der Waals surface area contributed by atoms with Crippen LogP contribution in [0.15, 0.2) is 24.3 Å². The molecule has 0 aromatic heterocycles. The van der Waals surface area contributed by atoms with Crippen LogP contribution in [0.3, 0.4) is 0 Å². The van der Waals surface area contributed by atoms with Gasteiger partial charge in [-0.15, -0.1) is 0 Å². The molecule has 0 fully saturated rings. The van der Waals surface area contributed by atoms with Gasteiger partial charge < -0.3 is 11.5 Å². The smallest absolute Gasteiger partial charge is 0.123 e. The first-order valence-corrected chi connectivity index (χ1v) is 2.88. The molecule has 4 N–H and O–H groups in total. The van der Waals surface area contributed by atoms with E-state index in [9.17, 15) is 4.39 Å². The van der Waals surface area contributed by atoms with Crippen molar-refractivity contribution in [1.82, 2.24) is 0 Å². The predicted octanol–water partition coefficient (Wildman–Crippen LogP) is 0.983. The fourth-order valence-corrected chi connectivity index (χ4v) is 0.463. The maximum absolute atomic E-state index is 12.0. The molecule has 10 heavy (non-hydrogen) atoms. The van der Waals surface area contributed by atoms with E-state index in [1.165, 1.54) is 31.3 Å². The summed E-state index contributed by atoms with van der Waals surface area (Å²) in [6.45, 7) is 0. The number of anilines is 1. The molecule has 2 nitrogen and oxygen atoms in total. The molecule has 1 aromatic rings. The van der Waals surface area contributed by atoms with Gasteiger partial charge in [0.15, 0.2) is 0 Å². The molecule has 0 aliphatic rings. The highest BCUT2D eigenvalue weighted by atomic mass is 19.1. The van der Waals surface area contributed by atoms with Gasteiger partial charge in [0, 0.05) is 5.69 Å². The van der Waals surface area contributed by atoms with E-state index >= 15 is 0 Å². The van der Waals surface area contributed by atoms with Gasteiger partial charge >= 0.3 is 0 Å². The molecule has 0 unspecified atom stereocenters. The quantitative estimate of drug-likeness (QED) is 0.530. The van der Waals surface area contributed by atoms with Gasteiger partial charge in [-0.05, 0) is 31.3 Å². The van der Waals surface area contributed by atoms with E-state index in [1.807, 2.05) is 0 Å². The second-order valence-corrected chi connectivity index (χ2v) is 1.55. The Morgan fingerprint density at radius 2 is 1.50 bits per heavy atom. The minimum Gasteiger partial charge on any atom is -0.399 e. The molecule has 0 amide bonds. The van der Waals surface area contributed by atoms with Crippen LogP contribution < -0.4 is 11.5 Å². The first-order chi connectivity index (χ1) is 4.79. The second-order valence-electron chi connectivity index (χ2n) is 1.55. The molecular weight excluding hydrogens is 131 g/mol. The van der Waals surface area contributed by atoms with Gasteiger partial charge in [0.25, 0.3) is 0 Å². The lowest BCUT2D eigenvalue weighted by atomic mass is 10.3. The van der Waals surface area contributed by atoms with E-state index in [0.717, 1.165) is 0 Å². The standard InChI is InChI=1S/C6H6FN.CH5N/c7-5-1-3-6(8)4-2-5;1-2/h1-4H,8H2;2H2,1H3. The summed E-state index contributed by atoms with van der Waals surface area (Å²) in [6, 6.07) is 5.70. The summed E-state index contributed by atoms with van der Waals surface area (Å²) in [5, 5.41) is 0. The Labute approximate surface area is 59.6 Å². The SMILES string of the molecule is CN.Nc1ccc(F)cc1. The molecule has 0 atom stereocenters. The zero-order valence-electron chi connectivity index (χ0n) is 5.84. The van der Waals surface area contributed by atoms with Crippen LogP contribution >= 0.6 is 0 Å². The average molecular weight is 142 g/mol. The van der Waals surface area contributed by atoms with Crippen molar-refractivity contribution in [1.29, 1.82) is 0 Å². The molecule has 0 spiro atoms. The van der Waals surface area contributed by atoms with Gasteiger partial charge in [-0.3, -0.25) is 0 Å². The Morgan fingerprint density at radius 3 is 1.80 bits per heavy atom. The van der Waals surface area contributed by atoms with Crippen LogP contribution in [0.1, 0.15) is 0 Å². The second kappa shape index (κ2) is 4.76. The van der Waals surface area contributed by atoms with Crippen molar-refractivity contribution in [2.45, 2.75) is 0 Å². The molecule has 56 valence electrons. The molecule has 0 aliphatic carbocycles. The topological polar surface area (TPSA) is 52.0 Å². The lowest BCUT2D eigenvalue weighted by Crippen LogP contribution is -1.82. The minimum absolute atomic E-state index is 0.251. The number of halogens is 1. The molecule has 0 heterocycles.